The maximum Gasteiger partial charge on any atom is 0.158 e. The molecule has 104 valence electrons. The molecule has 2 heterocycles. The zero-order valence-corrected chi connectivity index (χ0v) is 12.4. The van der Waals surface area contributed by atoms with Gasteiger partial charge in [0, 0.05) is 0 Å². The Labute approximate surface area is 111 Å². The van der Waals surface area contributed by atoms with Gasteiger partial charge in [-0.2, -0.15) is 0 Å². The fourth-order valence-corrected chi connectivity index (χ4v) is 3.80. The number of hydrogen-bond donors (Lipinski definition) is 1. The van der Waals surface area contributed by atoms with E-state index in [1.165, 1.54) is 0 Å². The molecule has 0 aromatic heterocycles. The summed E-state index contributed by atoms with van der Waals surface area (Å²) < 4.78 is 6.07. The minimum Gasteiger partial charge on any atom is -0.369 e. The van der Waals surface area contributed by atoms with Crippen LogP contribution in [0.1, 0.15) is 60.3 Å². The van der Waals surface area contributed by atoms with Crippen LogP contribution in [0, 0.1) is 5.92 Å². The van der Waals surface area contributed by atoms with Crippen LogP contribution >= 0.6 is 0 Å². The van der Waals surface area contributed by atoms with E-state index in [4.69, 9.17) is 4.74 Å². The van der Waals surface area contributed by atoms with Crippen LogP contribution in [0.25, 0.3) is 0 Å². The topological polar surface area (TPSA) is 38.3 Å². The van der Waals surface area contributed by atoms with Gasteiger partial charge in [-0.1, -0.05) is 6.92 Å². The SMILES string of the molecule is CCC1(C(=O)C2CC(C)(C)OC2(C)C)CCCN1. The first-order chi connectivity index (χ1) is 8.22. The van der Waals surface area contributed by atoms with E-state index in [0.29, 0.717) is 5.78 Å². The Morgan fingerprint density at radius 1 is 1.33 bits per heavy atom. The highest BCUT2D eigenvalue weighted by Crippen LogP contribution is 2.45. The van der Waals surface area contributed by atoms with Crippen LogP contribution in [-0.2, 0) is 9.53 Å². The molecule has 0 bridgehead atoms. The molecule has 0 radical (unpaired) electrons. The molecule has 0 aromatic rings. The lowest BCUT2D eigenvalue weighted by molar-refractivity contribution is -0.135. The Balaban J connectivity index is 2.23. The van der Waals surface area contributed by atoms with Crippen LogP contribution in [-0.4, -0.2) is 29.1 Å². The molecule has 2 atom stereocenters. The summed E-state index contributed by atoms with van der Waals surface area (Å²) >= 11 is 0. The summed E-state index contributed by atoms with van der Waals surface area (Å²) in [5.41, 5.74) is -0.809. The fourth-order valence-electron chi connectivity index (χ4n) is 3.80. The van der Waals surface area contributed by atoms with Gasteiger partial charge in [-0.3, -0.25) is 4.79 Å². The first kappa shape index (κ1) is 14.0. The lowest BCUT2D eigenvalue weighted by atomic mass is 9.74. The van der Waals surface area contributed by atoms with Crippen molar-refractivity contribution >= 4 is 5.78 Å². The third kappa shape index (κ3) is 2.23. The molecule has 1 N–H and O–H groups in total. The van der Waals surface area contributed by atoms with Crippen LogP contribution in [0.5, 0.6) is 0 Å². The van der Waals surface area contributed by atoms with Gasteiger partial charge in [0.25, 0.3) is 0 Å². The third-order valence-corrected chi connectivity index (χ3v) is 4.71. The molecule has 2 aliphatic rings. The maximum absolute atomic E-state index is 13.0. The number of carbonyl (C=O) groups excluding carboxylic acids is 1. The van der Waals surface area contributed by atoms with Gasteiger partial charge in [0.2, 0.25) is 0 Å². The van der Waals surface area contributed by atoms with E-state index >= 15 is 0 Å². The summed E-state index contributed by atoms with van der Waals surface area (Å²) in [6.07, 6.45) is 3.81. The number of carbonyl (C=O) groups is 1. The normalized spacial score (nSPS) is 37.9. The van der Waals surface area contributed by atoms with Crippen molar-refractivity contribution in [1.29, 1.82) is 0 Å². The summed E-state index contributed by atoms with van der Waals surface area (Å²) in [5.74, 6) is 0.385. The highest BCUT2D eigenvalue weighted by atomic mass is 16.5. The summed E-state index contributed by atoms with van der Waals surface area (Å²) in [6.45, 7) is 11.4. The molecule has 0 saturated carbocycles. The third-order valence-electron chi connectivity index (χ3n) is 4.71. The highest BCUT2D eigenvalue weighted by molar-refractivity contribution is 5.92. The van der Waals surface area contributed by atoms with E-state index in [2.05, 4.69) is 39.9 Å². The molecular formula is C15H27NO2. The Morgan fingerprint density at radius 3 is 2.39 bits per heavy atom. The lowest BCUT2D eigenvalue weighted by Gasteiger charge is -2.34. The van der Waals surface area contributed by atoms with Gasteiger partial charge in [0.05, 0.1) is 22.7 Å². The van der Waals surface area contributed by atoms with Crippen LogP contribution < -0.4 is 5.32 Å². The molecule has 18 heavy (non-hydrogen) atoms. The minimum atomic E-state index is -0.340. The van der Waals surface area contributed by atoms with Crippen molar-refractivity contribution in [3.05, 3.63) is 0 Å². The van der Waals surface area contributed by atoms with Crippen molar-refractivity contribution in [3.63, 3.8) is 0 Å². The van der Waals surface area contributed by atoms with Crippen LogP contribution in [0.2, 0.25) is 0 Å². The summed E-state index contributed by atoms with van der Waals surface area (Å²) in [4.78, 5) is 13.0. The van der Waals surface area contributed by atoms with Crippen molar-refractivity contribution in [2.45, 2.75) is 77.0 Å². The molecule has 2 fully saturated rings. The number of hydrogen-bond acceptors (Lipinski definition) is 3. The second-order valence-corrected chi connectivity index (χ2v) is 7.05. The van der Waals surface area contributed by atoms with Gasteiger partial charge in [0.1, 0.15) is 0 Å². The largest absolute Gasteiger partial charge is 0.369 e. The van der Waals surface area contributed by atoms with Crippen LogP contribution in [0.4, 0.5) is 0 Å². The van der Waals surface area contributed by atoms with Gasteiger partial charge in [0.15, 0.2) is 5.78 Å². The molecule has 2 saturated heterocycles. The van der Waals surface area contributed by atoms with Crippen molar-refractivity contribution in [2.75, 3.05) is 6.54 Å². The molecule has 2 unspecified atom stereocenters. The number of rotatable bonds is 3. The Hall–Kier alpha value is -0.410. The number of Topliss-reactive ketones (excluding diaryl/α,β-unsaturated/α-hetero) is 1. The van der Waals surface area contributed by atoms with Crippen molar-refractivity contribution in [3.8, 4) is 0 Å². The van der Waals surface area contributed by atoms with E-state index in [0.717, 1.165) is 32.2 Å². The van der Waals surface area contributed by atoms with E-state index in [1.54, 1.807) is 0 Å². The summed E-state index contributed by atoms with van der Waals surface area (Å²) in [6, 6.07) is 0. The number of ether oxygens (including phenoxy) is 1. The molecule has 0 aromatic carbocycles. The van der Waals surface area contributed by atoms with E-state index in [1.807, 2.05) is 0 Å². The predicted octanol–water partition coefficient (Wildman–Crippen LogP) is 2.68. The molecule has 3 heteroatoms. The maximum atomic E-state index is 13.0. The standard InChI is InChI=1S/C15H27NO2/c1-6-15(8-7-9-16-15)12(17)11-10-13(2,3)18-14(11,4)5/h11,16H,6-10H2,1-5H3. The molecule has 2 aliphatic heterocycles. The summed E-state index contributed by atoms with van der Waals surface area (Å²) in [5, 5.41) is 3.46. The molecule has 3 nitrogen and oxygen atoms in total. The van der Waals surface area contributed by atoms with Crippen molar-refractivity contribution in [2.24, 2.45) is 5.92 Å². The van der Waals surface area contributed by atoms with Gasteiger partial charge < -0.3 is 10.1 Å². The minimum absolute atomic E-state index is 0.0121. The van der Waals surface area contributed by atoms with Gasteiger partial charge >= 0.3 is 0 Å². The second-order valence-electron chi connectivity index (χ2n) is 7.05. The second kappa shape index (κ2) is 4.31. The zero-order valence-electron chi connectivity index (χ0n) is 12.4. The fraction of sp³-hybridized carbons (Fsp3) is 0.933. The number of nitrogens with one attached hydrogen (secondary N) is 1. The smallest absolute Gasteiger partial charge is 0.158 e. The summed E-state index contributed by atoms with van der Waals surface area (Å²) in [7, 11) is 0. The quantitative estimate of drug-likeness (QED) is 0.840. The molecule has 0 spiro atoms. The molecule has 0 amide bonds. The number of ketones is 1. The predicted molar refractivity (Wildman–Crippen MR) is 72.6 cm³/mol. The van der Waals surface area contributed by atoms with Crippen molar-refractivity contribution in [1.82, 2.24) is 5.32 Å². The van der Waals surface area contributed by atoms with E-state index in [9.17, 15) is 4.79 Å². The first-order valence-corrected chi connectivity index (χ1v) is 7.22. The Bertz CT molecular complexity index is 340. The molecule has 0 aliphatic carbocycles. The van der Waals surface area contributed by atoms with Crippen molar-refractivity contribution < 1.29 is 9.53 Å². The average molecular weight is 253 g/mol. The highest BCUT2D eigenvalue weighted by Gasteiger charge is 2.54. The molecule has 2 rings (SSSR count). The van der Waals surface area contributed by atoms with Crippen LogP contribution in [0.15, 0.2) is 0 Å². The van der Waals surface area contributed by atoms with Gasteiger partial charge in [-0.05, 0) is 59.9 Å². The molecular weight excluding hydrogens is 226 g/mol. The van der Waals surface area contributed by atoms with E-state index < -0.39 is 0 Å². The van der Waals surface area contributed by atoms with Crippen LogP contribution in [0.3, 0.4) is 0 Å². The average Bonchev–Trinajstić information content (AvgIpc) is 2.80. The Kier molecular flexibility index (Phi) is 3.35. The van der Waals surface area contributed by atoms with Gasteiger partial charge in [-0.15, -0.1) is 0 Å². The van der Waals surface area contributed by atoms with Gasteiger partial charge in [-0.25, -0.2) is 0 Å². The lowest BCUT2D eigenvalue weighted by Crippen LogP contribution is -2.53. The zero-order chi connectivity index (χ0) is 13.6. The first-order valence-electron chi connectivity index (χ1n) is 7.22. The monoisotopic (exact) mass is 253 g/mol. The van der Waals surface area contributed by atoms with E-state index in [-0.39, 0.29) is 22.7 Å². The Morgan fingerprint density at radius 2 is 2.00 bits per heavy atom.